The Hall–Kier alpha value is -1.37. The van der Waals surface area contributed by atoms with E-state index in [4.69, 9.17) is 17.0 Å². The lowest BCUT2D eigenvalue weighted by molar-refractivity contribution is -0.125. The molecule has 2 N–H and O–H groups in total. The highest BCUT2D eigenvalue weighted by Crippen LogP contribution is 2.26. The number of rotatable bonds is 0. The zero-order chi connectivity index (χ0) is 14.3. The van der Waals surface area contributed by atoms with Gasteiger partial charge in [0.05, 0.1) is 0 Å². The van der Waals surface area contributed by atoms with E-state index in [0.29, 0.717) is 31.0 Å². The van der Waals surface area contributed by atoms with Crippen LogP contribution in [0.4, 0.5) is 4.79 Å². The summed E-state index contributed by atoms with van der Waals surface area (Å²) in [5.41, 5.74) is -1.15. The first-order valence-electron chi connectivity index (χ1n) is 6.33. The fourth-order valence-corrected chi connectivity index (χ4v) is 2.57. The summed E-state index contributed by atoms with van der Waals surface area (Å²) in [5, 5.41) is 6.00. The van der Waals surface area contributed by atoms with Gasteiger partial charge in [0, 0.05) is 13.1 Å². The maximum Gasteiger partial charge on any atom is 0.410 e. The molecule has 6 nitrogen and oxygen atoms in total. The van der Waals surface area contributed by atoms with Gasteiger partial charge in [-0.25, -0.2) is 4.79 Å². The lowest BCUT2D eigenvalue weighted by Gasteiger charge is -2.37. The number of amides is 2. The van der Waals surface area contributed by atoms with Crippen LogP contribution >= 0.6 is 12.2 Å². The van der Waals surface area contributed by atoms with Crippen LogP contribution in [0.15, 0.2) is 0 Å². The molecule has 106 valence electrons. The van der Waals surface area contributed by atoms with Crippen LogP contribution in [-0.4, -0.2) is 46.2 Å². The van der Waals surface area contributed by atoms with Gasteiger partial charge in [-0.1, -0.05) is 0 Å². The van der Waals surface area contributed by atoms with Gasteiger partial charge in [0.25, 0.3) is 5.91 Å². The van der Waals surface area contributed by atoms with Crippen LogP contribution in [0.3, 0.4) is 0 Å². The molecule has 0 saturated carbocycles. The van der Waals surface area contributed by atoms with Gasteiger partial charge >= 0.3 is 6.09 Å². The molecule has 0 aliphatic carbocycles. The number of hydrogen-bond acceptors (Lipinski definition) is 4. The molecule has 2 aliphatic rings. The summed E-state index contributed by atoms with van der Waals surface area (Å²) in [6.07, 6.45) is 0.750. The van der Waals surface area contributed by atoms with Crippen molar-refractivity contribution >= 4 is 29.3 Å². The molecule has 2 fully saturated rings. The van der Waals surface area contributed by atoms with Gasteiger partial charge in [0.1, 0.15) is 11.1 Å². The molecule has 2 amide bonds. The first-order chi connectivity index (χ1) is 8.72. The third-order valence-electron chi connectivity index (χ3n) is 3.28. The number of ether oxygens (including phenoxy) is 1. The average Bonchev–Trinajstić information content (AvgIpc) is 2.52. The highest BCUT2D eigenvalue weighted by atomic mass is 32.1. The van der Waals surface area contributed by atoms with Gasteiger partial charge in [-0.2, -0.15) is 0 Å². The van der Waals surface area contributed by atoms with Gasteiger partial charge in [-0.05, 0) is 45.8 Å². The normalized spacial score (nSPS) is 22.2. The third-order valence-corrected chi connectivity index (χ3v) is 3.49. The molecular weight excluding hydrogens is 266 g/mol. The van der Waals surface area contributed by atoms with E-state index in [1.54, 1.807) is 4.90 Å². The summed E-state index contributed by atoms with van der Waals surface area (Å²) in [5.74, 6) is -0.0960. The largest absolute Gasteiger partial charge is 0.444 e. The van der Waals surface area contributed by atoms with Gasteiger partial charge in [-0.3, -0.25) is 4.79 Å². The molecular formula is C12H19N3O3S. The number of piperidine rings is 1. The number of likely N-dealkylation sites (tertiary alicyclic amines) is 1. The zero-order valence-corrected chi connectivity index (χ0v) is 12.2. The van der Waals surface area contributed by atoms with Crippen LogP contribution < -0.4 is 10.6 Å². The summed E-state index contributed by atoms with van der Waals surface area (Å²) in [4.78, 5) is 25.4. The third kappa shape index (κ3) is 2.97. The first-order valence-corrected chi connectivity index (χ1v) is 6.74. The standard InChI is InChI=1S/C12H19N3O3S/c1-11(2,3)18-10(17)15-6-4-12(5-7-15)8(16)13-9(19)14-12/h4-7H2,1-3H3,(H2,13,14,16,19). The van der Waals surface area contributed by atoms with E-state index in [9.17, 15) is 9.59 Å². The molecule has 0 radical (unpaired) electrons. The summed E-state index contributed by atoms with van der Waals surface area (Å²) < 4.78 is 5.32. The Morgan fingerprint density at radius 3 is 2.37 bits per heavy atom. The molecule has 0 bridgehead atoms. The minimum absolute atomic E-state index is 0.0960. The molecule has 0 atom stereocenters. The Morgan fingerprint density at radius 1 is 1.37 bits per heavy atom. The van der Waals surface area contributed by atoms with Crippen LogP contribution in [0.5, 0.6) is 0 Å². The van der Waals surface area contributed by atoms with Crippen molar-refractivity contribution in [1.82, 2.24) is 15.5 Å². The van der Waals surface area contributed by atoms with Crippen molar-refractivity contribution in [1.29, 1.82) is 0 Å². The molecule has 19 heavy (non-hydrogen) atoms. The predicted octanol–water partition coefficient (Wildman–Crippen LogP) is 0.760. The Labute approximate surface area is 117 Å². The van der Waals surface area contributed by atoms with E-state index < -0.39 is 11.1 Å². The Kier molecular flexibility index (Phi) is 3.42. The second-order valence-electron chi connectivity index (χ2n) is 5.96. The highest BCUT2D eigenvalue weighted by Gasteiger charge is 2.47. The van der Waals surface area contributed by atoms with Crippen LogP contribution in [0.25, 0.3) is 0 Å². The monoisotopic (exact) mass is 285 g/mol. The maximum absolute atomic E-state index is 11.9. The summed E-state index contributed by atoms with van der Waals surface area (Å²) in [6, 6.07) is 0. The smallest absolute Gasteiger partial charge is 0.410 e. The second-order valence-corrected chi connectivity index (χ2v) is 6.37. The van der Waals surface area contributed by atoms with E-state index in [0.717, 1.165) is 0 Å². The fourth-order valence-electron chi connectivity index (χ4n) is 2.28. The Bertz CT molecular complexity index is 422. The average molecular weight is 285 g/mol. The van der Waals surface area contributed by atoms with Gasteiger partial charge in [-0.15, -0.1) is 0 Å². The van der Waals surface area contributed by atoms with Gasteiger partial charge in [0.2, 0.25) is 0 Å². The molecule has 7 heteroatoms. The van der Waals surface area contributed by atoms with Crippen LogP contribution in [0, 0.1) is 0 Å². The lowest BCUT2D eigenvalue weighted by Crippen LogP contribution is -2.56. The number of nitrogens with zero attached hydrogens (tertiary/aromatic N) is 1. The van der Waals surface area contributed by atoms with Crippen molar-refractivity contribution in [2.45, 2.75) is 44.8 Å². The first kappa shape index (κ1) is 14.0. The number of nitrogens with one attached hydrogen (secondary N) is 2. The van der Waals surface area contributed by atoms with Crippen molar-refractivity contribution in [3.63, 3.8) is 0 Å². The summed E-state index contributed by atoms with van der Waals surface area (Å²) in [6.45, 7) is 6.47. The van der Waals surface area contributed by atoms with E-state index in [1.165, 1.54) is 0 Å². The van der Waals surface area contributed by atoms with Crippen LogP contribution in [0.2, 0.25) is 0 Å². The van der Waals surface area contributed by atoms with E-state index in [-0.39, 0.29) is 12.0 Å². The van der Waals surface area contributed by atoms with Crippen LogP contribution in [0.1, 0.15) is 33.6 Å². The van der Waals surface area contributed by atoms with Gasteiger partial charge < -0.3 is 20.3 Å². The molecule has 2 aliphatic heterocycles. The number of carbonyl (C=O) groups excluding carboxylic acids is 2. The lowest BCUT2D eigenvalue weighted by atomic mass is 9.88. The zero-order valence-electron chi connectivity index (χ0n) is 11.4. The second kappa shape index (κ2) is 4.63. The molecule has 2 rings (SSSR count). The predicted molar refractivity (Wildman–Crippen MR) is 73.6 cm³/mol. The minimum Gasteiger partial charge on any atom is -0.444 e. The fraction of sp³-hybridized carbons (Fsp3) is 0.750. The van der Waals surface area contributed by atoms with Crippen molar-refractivity contribution in [3.8, 4) is 0 Å². The molecule has 0 aromatic rings. The van der Waals surface area contributed by atoms with Crippen molar-refractivity contribution in [2.24, 2.45) is 0 Å². The molecule has 2 saturated heterocycles. The van der Waals surface area contributed by atoms with Gasteiger partial charge in [0.15, 0.2) is 5.11 Å². The van der Waals surface area contributed by atoms with E-state index in [2.05, 4.69) is 10.6 Å². The van der Waals surface area contributed by atoms with E-state index >= 15 is 0 Å². The minimum atomic E-state index is -0.643. The van der Waals surface area contributed by atoms with Crippen molar-refractivity contribution in [2.75, 3.05) is 13.1 Å². The Balaban J connectivity index is 1.94. The molecule has 0 aromatic carbocycles. The van der Waals surface area contributed by atoms with E-state index in [1.807, 2.05) is 20.8 Å². The maximum atomic E-state index is 11.9. The molecule has 0 aromatic heterocycles. The molecule has 1 spiro atoms. The summed E-state index contributed by atoms with van der Waals surface area (Å²) in [7, 11) is 0. The topological polar surface area (TPSA) is 70.7 Å². The van der Waals surface area contributed by atoms with Crippen molar-refractivity contribution < 1.29 is 14.3 Å². The number of hydrogen-bond donors (Lipinski definition) is 2. The quantitative estimate of drug-likeness (QED) is 0.643. The molecule has 2 heterocycles. The summed E-state index contributed by atoms with van der Waals surface area (Å²) >= 11 is 4.95. The highest BCUT2D eigenvalue weighted by molar-refractivity contribution is 7.80. The Morgan fingerprint density at radius 2 is 1.95 bits per heavy atom. The number of thiocarbonyl (C=S) groups is 1. The van der Waals surface area contributed by atoms with Crippen molar-refractivity contribution in [3.05, 3.63) is 0 Å². The molecule has 0 unspecified atom stereocenters. The van der Waals surface area contributed by atoms with Crippen LogP contribution in [-0.2, 0) is 9.53 Å². The SMILES string of the molecule is CC(C)(C)OC(=O)N1CCC2(CC1)NC(=S)NC2=O. The number of carbonyl (C=O) groups is 2.